The Morgan fingerprint density at radius 3 is 2.40 bits per heavy atom. The highest BCUT2D eigenvalue weighted by atomic mass is 35.5. The van der Waals surface area contributed by atoms with Crippen LogP contribution in [0.3, 0.4) is 0 Å². The molecular formula is C21H26ClN3O4S. The zero-order chi connectivity index (χ0) is 21.9. The van der Waals surface area contributed by atoms with Crippen LogP contribution in [0.25, 0.3) is 0 Å². The smallest absolute Gasteiger partial charge is 0.243 e. The number of carbonyl (C=O) groups is 1. The van der Waals surface area contributed by atoms with Gasteiger partial charge in [-0.1, -0.05) is 17.7 Å². The highest BCUT2D eigenvalue weighted by molar-refractivity contribution is 7.89. The molecule has 2 aromatic rings. The number of amides is 1. The highest BCUT2D eigenvalue weighted by Crippen LogP contribution is 2.24. The van der Waals surface area contributed by atoms with Crippen molar-refractivity contribution in [3.05, 3.63) is 53.1 Å². The molecule has 9 heteroatoms. The molecule has 0 radical (unpaired) electrons. The molecule has 0 aromatic heterocycles. The van der Waals surface area contributed by atoms with E-state index < -0.39 is 10.0 Å². The molecule has 1 aliphatic heterocycles. The van der Waals surface area contributed by atoms with Crippen LogP contribution in [-0.4, -0.2) is 50.5 Å². The van der Waals surface area contributed by atoms with E-state index in [-0.39, 0.29) is 29.6 Å². The van der Waals surface area contributed by atoms with E-state index in [1.807, 2.05) is 20.8 Å². The quantitative estimate of drug-likeness (QED) is 0.701. The summed E-state index contributed by atoms with van der Waals surface area (Å²) in [5.74, 6) is -0.228. The molecule has 0 saturated carbocycles. The van der Waals surface area contributed by atoms with E-state index in [1.165, 1.54) is 4.31 Å². The van der Waals surface area contributed by atoms with Crippen molar-refractivity contribution in [3.63, 3.8) is 0 Å². The van der Waals surface area contributed by atoms with Gasteiger partial charge >= 0.3 is 0 Å². The molecule has 2 N–H and O–H groups in total. The number of carbonyl (C=O) groups excluding carboxylic acids is 1. The van der Waals surface area contributed by atoms with Gasteiger partial charge in [0.1, 0.15) is 0 Å². The number of rotatable bonds is 6. The third kappa shape index (κ3) is 5.31. The van der Waals surface area contributed by atoms with Crippen LogP contribution in [0.15, 0.2) is 47.4 Å². The molecule has 1 saturated heterocycles. The van der Waals surface area contributed by atoms with E-state index in [9.17, 15) is 13.2 Å². The monoisotopic (exact) mass is 451 g/mol. The van der Waals surface area contributed by atoms with Crippen molar-refractivity contribution in [2.24, 2.45) is 0 Å². The van der Waals surface area contributed by atoms with Gasteiger partial charge in [-0.05, 0) is 62.7 Å². The van der Waals surface area contributed by atoms with Crippen molar-refractivity contribution in [2.75, 3.05) is 30.3 Å². The molecule has 0 spiro atoms. The SMILES string of the molecule is Cc1c(Cl)cccc1NC(=O)CNc1ccc(S(=O)(=O)N2CC(C)OC(C)C2)cc1. The Balaban J connectivity index is 1.60. The summed E-state index contributed by atoms with van der Waals surface area (Å²) in [6.45, 7) is 6.25. The van der Waals surface area contributed by atoms with Gasteiger partial charge in [0.15, 0.2) is 0 Å². The number of hydrogen-bond acceptors (Lipinski definition) is 5. The van der Waals surface area contributed by atoms with Crippen LogP contribution in [0, 0.1) is 6.92 Å². The fourth-order valence-corrected chi connectivity index (χ4v) is 5.11. The number of nitrogens with one attached hydrogen (secondary N) is 2. The van der Waals surface area contributed by atoms with Crippen molar-refractivity contribution < 1.29 is 17.9 Å². The average Bonchev–Trinajstić information content (AvgIpc) is 2.69. The average molecular weight is 452 g/mol. The maximum atomic E-state index is 12.9. The van der Waals surface area contributed by atoms with Crippen LogP contribution in [0.4, 0.5) is 11.4 Å². The van der Waals surface area contributed by atoms with Crippen LogP contribution in [0.1, 0.15) is 19.4 Å². The first-order chi connectivity index (χ1) is 14.2. The number of anilines is 2. The van der Waals surface area contributed by atoms with Gasteiger partial charge in [0.05, 0.1) is 23.6 Å². The Morgan fingerprint density at radius 1 is 1.13 bits per heavy atom. The van der Waals surface area contributed by atoms with Crippen LogP contribution in [-0.2, 0) is 19.6 Å². The molecule has 162 valence electrons. The molecular weight excluding hydrogens is 426 g/mol. The molecule has 1 heterocycles. The van der Waals surface area contributed by atoms with Gasteiger partial charge in [-0.2, -0.15) is 4.31 Å². The fraction of sp³-hybridized carbons (Fsp3) is 0.381. The maximum Gasteiger partial charge on any atom is 0.243 e. The molecule has 2 atom stereocenters. The van der Waals surface area contributed by atoms with E-state index in [0.717, 1.165) is 5.56 Å². The largest absolute Gasteiger partial charge is 0.376 e. The summed E-state index contributed by atoms with van der Waals surface area (Å²) < 4.78 is 32.9. The fourth-order valence-electron chi connectivity index (χ4n) is 3.34. The molecule has 7 nitrogen and oxygen atoms in total. The molecule has 0 bridgehead atoms. The van der Waals surface area contributed by atoms with Crippen molar-refractivity contribution in [1.29, 1.82) is 0 Å². The van der Waals surface area contributed by atoms with Crippen molar-refractivity contribution >= 4 is 38.9 Å². The molecule has 0 aliphatic carbocycles. The van der Waals surface area contributed by atoms with Gasteiger partial charge in [0.2, 0.25) is 15.9 Å². The second kappa shape index (κ2) is 9.34. The minimum absolute atomic E-state index is 0.0382. The van der Waals surface area contributed by atoms with Crippen molar-refractivity contribution in [1.82, 2.24) is 4.31 Å². The van der Waals surface area contributed by atoms with E-state index >= 15 is 0 Å². The minimum Gasteiger partial charge on any atom is -0.376 e. The van der Waals surface area contributed by atoms with Gasteiger partial charge < -0.3 is 15.4 Å². The first-order valence-electron chi connectivity index (χ1n) is 9.71. The molecule has 2 aromatic carbocycles. The number of morpholine rings is 1. The molecule has 1 amide bonds. The number of ether oxygens (including phenoxy) is 1. The Bertz CT molecular complexity index is 1000. The van der Waals surface area contributed by atoms with Crippen molar-refractivity contribution in [3.8, 4) is 0 Å². The molecule has 3 rings (SSSR count). The standard InChI is InChI=1S/C21H26ClN3O4S/c1-14-12-25(13-15(2)29-14)30(27,28)18-9-7-17(8-10-18)23-11-21(26)24-20-6-4-5-19(22)16(20)3/h4-10,14-15,23H,11-13H2,1-3H3,(H,24,26). The first-order valence-corrected chi connectivity index (χ1v) is 11.5. The maximum absolute atomic E-state index is 12.9. The Morgan fingerprint density at radius 2 is 1.77 bits per heavy atom. The predicted octanol–water partition coefficient (Wildman–Crippen LogP) is 3.50. The second-order valence-corrected chi connectivity index (χ2v) is 9.76. The number of sulfonamides is 1. The lowest BCUT2D eigenvalue weighted by Crippen LogP contribution is -2.48. The van der Waals surface area contributed by atoms with Crippen LogP contribution < -0.4 is 10.6 Å². The van der Waals surface area contributed by atoms with E-state index in [1.54, 1.807) is 42.5 Å². The van der Waals surface area contributed by atoms with E-state index in [2.05, 4.69) is 10.6 Å². The third-order valence-corrected chi connectivity index (χ3v) is 7.13. The highest BCUT2D eigenvalue weighted by Gasteiger charge is 2.32. The van der Waals surface area contributed by atoms with Gasteiger partial charge in [0, 0.05) is 29.5 Å². The van der Waals surface area contributed by atoms with Gasteiger partial charge in [0.25, 0.3) is 0 Å². The summed E-state index contributed by atoms with van der Waals surface area (Å²) in [6, 6.07) is 11.7. The molecule has 2 unspecified atom stereocenters. The zero-order valence-corrected chi connectivity index (χ0v) is 18.8. The Labute approximate surface area is 182 Å². The summed E-state index contributed by atoms with van der Waals surface area (Å²) in [5.41, 5.74) is 2.11. The molecule has 1 aliphatic rings. The summed E-state index contributed by atoms with van der Waals surface area (Å²) >= 11 is 6.07. The number of hydrogen-bond donors (Lipinski definition) is 2. The summed E-state index contributed by atoms with van der Waals surface area (Å²) in [6.07, 6.45) is -0.294. The third-order valence-electron chi connectivity index (χ3n) is 4.87. The number of benzene rings is 2. The van der Waals surface area contributed by atoms with Crippen molar-refractivity contribution in [2.45, 2.75) is 37.9 Å². The summed E-state index contributed by atoms with van der Waals surface area (Å²) in [7, 11) is -3.59. The van der Waals surface area contributed by atoms with E-state index in [0.29, 0.717) is 29.5 Å². The van der Waals surface area contributed by atoms with Gasteiger partial charge in [-0.3, -0.25) is 4.79 Å². The first kappa shape index (κ1) is 22.6. The summed E-state index contributed by atoms with van der Waals surface area (Å²) in [5, 5.41) is 6.39. The van der Waals surface area contributed by atoms with Crippen LogP contribution in [0.2, 0.25) is 5.02 Å². The lowest BCUT2D eigenvalue weighted by atomic mass is 10.2. The van der Waals surface area contributed by atoms with Crippen LogP contribution in [0.5, 0.6) is 0 Å². The minimum atomic E-state index is -3.59. The number of halogens is 1. The Kier molecular flexibility index (Phi) is 7.02. The second-order valence-electron chi connectivity index (χ2n) is 7.42. The predicted molar refractivity (Wildman–Crippen MR) is 119 cm³/mol. The van der Waals surface area contributed by atoms with Crippen LogP contribution >= 0.6 is 11.6 Å². The zero-order valence-electron chi connectivity index (χ0n) is 17.2. The Hall–Kier alpha value is -2.13. The normalized spacial score (nSPS) is 20.0. The molecule has 1 fully saturated rings. The molecule has 30 heavy (non-hydrogen) atoms. The summed E-state index contributed by atoms with van der Waals surface area (Å²) in [4.78, 5) is 12.4. The lowest BCUT2D eigenvalue weighted by Gasteiger charge is -2.34. The van der Waals surface area contributed by atoms with E-state index in [4.69, 9.17) is 16.3 Å². The topological polar surface area (TPSA) is 87.7 Å². The van der Waals surface area contributed by atoms with Gasteiger partial charge in [-0.25, -0.2) is 8.42 Å². The van der Waals surface area contributed by atoms with Gasteiger partial charge in [-0.15, -0.1) is 0 Å². The lowest BCUT2D eigenvalue weighted by molar-refractivity contribution is -0.114. The number of nitrogens with zero attached hydrogens (tertiary/aromatic N) is 1.